The van der Waals surface area contributed by atoms with Crippen LogP contribution in [0.1, 0.15) is 42.4 Å². The number of benzene rings is 1. The molecule has 0 bridgehead atoms. The van der Waals surface area contributed by atoms with Gasteiger partial charge in [-0.2, -0.15) is 0 Å². The number of hydrogen-bond donors (Lipinski definition) is 1. The molecule has 18 heavy (non-hydrogen) atoms. The Morgan fingerprint density at radius 3 is 2.67 bits per heavy atom. The predicted molar refractivity (Wildman–Crippen MR) is 76.1 cm³/mol. The molecule has 0 unspecified atom stereocenters. The van der Waals surface area contributed by atoms with Gasteiger partial charge in [0.1, 0.15) is 5.75 Å². The van der Waals surface area contributed by atoms with Gasteiger partial charge in [-0.25, -0.2) is 0 Å². The van der Waals surface area contributed by atoms with Crippen molar-refractivity contribution in [2.24, 2.45) is 11.7 Å². The van der Waals surface area contributed by atoms with Gasteiger partial charge in [-0.15, -0.1) is 0 Å². The molecule has 0 aliphatic heterocycles. The number of rotatable bonds is 7. The van der Waals surface area contributed by atoms with Crippen LogP contribution in [0.4, 0.5) is 0 Å². The molecular formula is C16H25NO. The van der Waals surface area contributed by atoms with Crippen LogP contribution in [-0.4, -0.2) is 13.2 Å². The molecule has 2 rings (SSSR count). The van der Waals surface area contributed by atoms with E-state index < -0.39 is 0 Å². The zero-order valence-electron chi connectivity index (χ0n) is 11.7. The minimum atomic E-state index is 0.781. The second-order valence-electron chi connectivity index (χ2n) is 5.57. The first kappa shape index (κ1) is 13.4. The lowest BCUT2D eigenvalue weighted by molar-refractivity contribution is 0.294. The number of aryl methyl sites for hydroxylation is 3. The van der Waals surface area contributed by atoms with E-state index in [1.54, 1.807) is 0 Å². The van der Waals surface area contributed by atoms with Crippen LogP contribution in [0.25, 0.3) is 0 Å². The molecule has 0 amide bonds. The minimum Gasteiger partial charge on any atom is -0.493 e. The fraction of sp³-hybridized carbons (Fsp3) is 0.625. The molecule has 0 spiro atoms. The molecule has 0 radical (unpaired) electrons. The van der Waals surface area contributed by atoms with Crippen molar-refractivity contribution in [2.45, 2.75) is 46.0 Å². The van der Waals surface area contributed by atoms with Gasteiger partial charge in [0.25, 0.3) is 0 Å². The van der Waals surface area contributed by atoms with E-state index in [4.69, 9.17) is 10.5 Å². The molecule has 1 aliphatic carbocycles. The number of nitrogens with two attached hydrogens (primary N) is 1. The highest BCUT2D eigenvalue weighted by Crippen LogP contribution is 2.32. The third kappa shape index (κ3) is 3.74. The van der Waals surface area contributed by atoms with Gasteiger partial charge in [-0.3, -0.25) is 0 Å². The fourth-order valence-electron chi connectivity index (χ4n) is 2.38. The maximum Gasteiger partial charge on any atom is 0.125 e. The van der Waals surface area contributed by atoms with Crippen LogP contribution in [0, 0.1) is 19.8 Å². The molecule has 100 valence electrons. The van der Waals surface area contributed by atoms with Crippen molar-refractivity contribution >= 4 is 0 Å². The van der Waals surface area contributed by atoms with Crippen molar-refractivity contribution in [3.63, 3.8) is 0 Å². The topological polar surface area (TPSA) is 35.2 Å². The molecule has 0 aromatic heterocycles. The summed E-state index contributed by atoms with van der Waals surface area (Å²) in [4.78, 5) is 0. The lowest BCUT2D eigenvalue weighted by atomic mass is 10.0. The van der Waals surface area contributed by atoms with E-state index in [1.807, 2.05) is 0 Å². The van der Waals surface area contributed by atoms with Crippen LogP contribution in [-0.2, 0) is 6.42 Å². The Hall–Kier alpha value is -1.02. The van der Waals surface area contributed by atoms with Crippen LogP contribution >= 0.6 is 0 Å². The number of hydrogen-bond acceptors (Lipinski definition) is 2. The van der Waals surface area contributed by atoms with Gasteiger partial charge < -0.3 is 10.5 Å². The molecule has 2 nitrogen and oxygen atoms in total. The summed E-state index contributed by atoms with van der Waals surface area (Å²) in [6.07, 6.45) is 6.01. The van der Waals surface area contributed by atoms with E-state index in [0.717, 1.165) is 44.1 Å². The maximum atomic E-state index is 6.05. The molecule has 0 heterocycles. The highest BCUT2D eigenvalue weighted by molar-refractivity contribution is 5.44. The average Bonchev–Trinajstić information content (AvgIpc) is 3.12. The lowest BCUT2D eigenvalue weighted by Gasteiger charge is -2.15. The second-order valence-corrected chi connectivity index (χ2v) is 5.57. The summed E-state index contributed by atoms with van der Waals surface area (Å²) in [5.74, 6) is 1.94. The third-order valence-electron chi connectivity index (χ3n) is 3.56. The normalized spacial score (nSPS) is 14.8. The van der Waals surface area contributed by atoms with Gasteiger partial charge >= 0.3 is 0 Å². The van der Waals surface area contributed by atoms with E-state index in [2.05, 4.69) is 26.0 Å². The van der Waals surface area contributed by atoms with Crippen molar-refractivity contribution in [3.8, 4) is 5.75 Å². The summed E-state index contributed by atoms with van der Waals surface area (Å²) in [5, 5.41) is 0. The van der Waals surface area contributed by atoms with Gasteiger partial charge in [0.2, 0.25) is 0 Å². The zero-order valence-corrected chi connectivity index (χ0v) is 11.7. The first-order valence-electron chi connectivity index (χ1n) is 7.13. The molecule has 2 N–H and O–H groups in total. The average molecular weight is 247 g/mol. The lowest BCUT2D eigenvalue weighted by Crippen LogP contribution is -2.05. The minimum absolute atomic E-state index is 0.781. The van der Waals surface area contributed by atoms with Crippen molar-refractivity contribution in [1.29, 1.82) is 0 Å². The van der Waals surface area contributed by atoms with Crippen LogP contribution < -0.4 is 10.5 Å². The summed E-state index contributed by atoms with van der Waals surface area (Å²) in [7, 11) is 0. The molecule has 1 saturated carbocycles. The largest absolute Gasteiger partial charge is 0.493 e. The van der Waals surface area contributed by atoms with E-state index in [9.17, 15) is 0 Å². The van der Waals surface area contributed by atoms with Crippen molar-refractivity contribution in [2.75, 3.05) is 13.2 Å². The maximum absolute atomic E-state index is 6.05. The first-order valence-corrected chi connectivity index (χ1v) is 7.13. The van der Waals surface area contributed by atoms with Gasteiger partial charge in [0, 0.05) is 0 Å². The Bertz CT molecular complexity index is 396. The van der Waals surface area contributed by atoms with Crippen molar-refractivity contribution in [1.82, 2.24) is 0 Å². The molecule has 1 aromatic carbocycles. The molecule has 0 saturated heterocycles. The molecular weight excluding hydrogens is 222 g/mol. The van der Waals surface area contributed by atoms with Crippen LogP contribution in [0.5, 0.6) is 5.75 Å². The Kier molecular flexibility index (Phi) is 4.65. The smallest absolute Gasteiger partial charge is 0.125 e. The molecule has 1 fully saturated rings. The Balaban J connectivity index is 2.06. The van der Waals surface area contributed by atoms with Crippen LogP contribution in [0.2, 0.25) is 0 Å². The number of ether oxygens (including phenoxy) is 1. The Labute approximate surface area is 111 Å². The Morgan fingerprint density at radius 1 is 1.22 bits per heavy atom. The van der Waals surface area contributed by atoms with E-state index in [1.165, 1.54) is 29.5 Å². The molecule has 1 aliphatic rings. The second kappa shape index (κ2) is 6.24. The zero-order chi connectivity index (χ0) is 13.0. The summed E-state index contributed by atoms with van der Waals surface area (Å²) in [5.41, 5.74) is 9.53. The predicted octanol–water partition coefficient (Wildman–Crippen LogP) is 3.37. The van der Waals surface area contributed by atoms with E-state index in [-0.39, 0.29) is 0 Å². The summed E-state index contributed by atoms with van der Waals surface area (Å²) < 4.78 is 6.05. The van der Waals surface area contributed by atoms with Gasteiger partial charge in [-0.1, -0.05) is 17.7 Å². The van der Waals surface area contributed by atoms with E-state index >= 15 is 0 Å². The molecule has 2 heteroatoms. The Morgan fingerprint density at radius 2 is 2.00 bits per heavy atom. The van der Waals surface area contributed by atoms with Crippen molar-refractivity contribution in [3.05, 3.63) is 28.8 Å². The van der Waals surface area contributed by atoms with Crippen LogP contribution in [0.15, 0.2) is 12.1 Å². The standard InChI is InChI=1S/C16H25NO/c1-12-9-13(2)16(18-11-14-6-7-14)15(10-12)5-3-4-8-17/h9-10,14H,3-8,11,17H2,1-2H3. The SMILES string of the molecule is Cc1cc(C)c(OCC2CC2)c(CCCCN)c1. The van der Waals surface area contributed by atoms with Gasteiger partial charge in [0.15, 0.2) is 0 Å². The quantitative estimate of drug-likeness (QED) is 0.750. The molecule has 0 atom stereocenters. The summed E-state index contributed by atoms with van der Waals surface area (Å²) in [6, 6.07) is 4.49. The summed E-state index contributed by atoms with van der Waals surface area (Å²) >= 11 is 0. The highest BCUT2D eigenvalue weighted by Gasteiger charge is 2.22. The number of unbranched alkanes of at least 4 members (excludes halogenated alkanes) is 1. The monoisotopic (exact) mass is 247 g/mol. The van der Waals surface area contributed by atoms with Crippen LogP contribution in [0.3, 0.4) is 0 Å². The van der Waals surface area contributed by atoms with Gasteiger partial charge in [0.05, 0.1) is 6.61 Å². The first-order chi connectivity index (χ1) is 8.70. The molecule has 1 aromatic rings. The fourth-order valence-corrected chi connectivity index (χ4v) is 2.38. The summed E-state index contributed by atoms with van der Waals surface area (Å²) in [6.45, 7) is 5.99. The van der Waals surface area contributed by atoms with Crippen molar-refractivity contribution < 1.29 is 4.74 Å². The highest BCUT2D eigenvalue weighted by atomic mass is 16.5. The van der Waals surface area contributed by atoms with E-state index in [0.29, 0.717) is 0 Å². The third-order valence-corrected chi connectivity index (χ3v) is 3.56. The van der Waals surface area contributed by atoms with Gasteiger partial charge in [-0.05, 0) is 69.5 Å².